The summed E-state index contributed by atoms with van der Waals surface area (Å²) in [7, 11) is 0. The Bertz CT molecular complexity index is 566. The minimum atomic E-state index is 0.0165. The van der Waals surface area contributed by atoms with Gasteiger partial charge in [-0.3, -0.25) is 0 Å². The van der Waals surface area contributed by atoms with Crippen molar-refractivity contribution in [1.82, 2.24) is 10.6 Å². The molecule has 1 aromatic rings. The third-order valence-electron chi connectivity index (χ3n) is 6.05. The van der Waals surface area contributed by atoms with E-state index in [9.17, 15) is 4.79 Å². The first-order valence-corrected chi connectivity index (χ1v) is 10.1. The largest absolute Gasteiger partial charge is 0.334 e. The SMILES string of the molecule is CSc1ccccc1CNC(=O)NC12CC3CC(CC(C3)C1)C2. The molecule has 0 saturated heterocycles. The van der Waals surface area contributed by atoms with Gasteiger partial charge in [0.1, 0.15) is 0 Å². The van der Waals surface area contributed by atoms with Gasteiger partial charge in [0.05, 0.1) is 0 Å². The van der Waals surface area contributed by atoms with Gasteiger partial charge in [0, 0.05) is 17.0 Å². The summed E-state index contributed by atoms with van der Waals surface area (Å²) < 4.78 is 0. The number of hydrogen-bond acceptors (Lipinski definition) is 2. The fraction of sp³-hybridized carbons (Fsp3) is 0.632. The topological polar surface area (TPSA) is 41.1 Å². The Hall–Kier alpha value is -1.16. The highest BCUT2D eigenvalue weighted by Gasteiger charge is 2.51. The Morgan fingerprint density at radius 2 is 1.74 bits per heavy atom. The van der Waals surface area contributed by atoms with Crippen LogP contribution in [0.4, 0.5) is 4.79 Å². The number of amides is 2. The summed E-state index contributed by atoms with van der Waals surface area (Å²) >= 11 is 1.73. The van der Waals surface area contributed by atoms with E-state index >= 15 is 0 Å². The lowest BCUT2D eigenvalue weighted by atomic mass is 9.53. The van der Waals surface area contributed by atoms with Crippen molar-refractivity contribution in [2.45, 2.75) is 55.5 Å². The smallest absolute Gasteiger partial charge is 0.315 e. The molecule has 4 heteroatoms. The second-order valence-electron chi connectivity index (χ2n) is 7.82. The van der Waals surface area contributed by atoms with E-state index in [1.165, 1.54) is 49.0 Å². The molecule has 3 nitrogen and oxygen atoms in total. The van der Waals surface area contributed by atoms with Crippen LogP contribution in [-0.4, -0.2) is 17.8 Å². The van der Waals surface area contributed by atoms with Crippen LogP contribution in [0.25, 0.3) is 0 Å². The van der Waals surface area contributed by atoms with Crippen LogP contribution >= 0.6 is 11.8 Å². The zero-order valence-corrected chi connectivity index (χ0v) is 14.6. The van der Waals surface area contributed by atoms with Crippen LogP contribution in [-0.2, 0) is 6.54 Å². The minimum absolute atomic E-state index is 0.0165. The molecule has 0 aliphatic heterocycles. The van der Waals surface area contributed by atoms with Crippen LogP contribution < -0.4 is 10.6 Å². The molecule has 0 heterocycles. The maximum Gasteiger partial charge on any atom is 0.315 e. The van der Waals surface area contributed by atoms with Gasteiger partial charge in [0.15, 0.2) is 0 Å². The predicted molar refractivity (Wildman–Crippen MR) is 94.5 cm³/mol. The highest BCUT2D eigenvalue weighted by molar-refractivity contribution is 7.98. The molecule has 0 unspecified atom stereocenters. The average Bonchev–Trinajstić information content (AvgIpc) is 2.51. The number of hydrogen-bond donors (Lipinski definition) is 2. The zero-order chi connectivity index (χ0) is 15.9. The third kappa shape index (κ3) is 3.10. The molecule has 124 valence electrons. The molecule has 1 aromatic carbocycles. The monoisotopic (exact) mass is 330 g/mol. The van der Waals surface area contributed by atoms with Crippen molar-refractivity contribution in [3.8, 4) is 0 Å². The number of rotatable bonds is 4. The predicted octanol–water partition coefficient (Wildman–Crippen LogP) is 4.18. The summed E-state index contributed by atoms with van der Waals surface area (Å²) in [6.45, 7) is 0.606. The van der Waals surface area contributed by atoms with Gasteiger partial charge in [-0.25, -0.2) is 4.79 Å². The summed E-state index contributed by atoms with van der Waals surface area (Å²) in [5.41, 5.74) is 1.29. The van der Waals surface area contributed by atoms with Gasteiger partial charge in [-0.05, 0) is 74.2 Å². The summed E-state index contributed by atoms with van der Waals surface area (Å²) in [6.07, 6.45) is 9.90. The van der Waals surface area contributed by atoms with Gasteiger partial charge in [0.25, 0.3) is 0 Å². The van der Waals surface area contributed by atoms with Crippen LogP contribution in [0.3, 0.4) is 0 Å². The molecule has 4 bridgehead atoms. The molecule has 0 radical (unpaired) electrons. The first-order chi connectivity index (χ1) is 11.2. The van der Waals surface area contributed by atoms with Crippen LogP contribution in [0.15, 0.2) is 29.2 Å². The van der Waals surface area contributed by atoms with E-state index in [1.54, 1.807) is 11.8 Å². The Kier molecular flexibility index (Phi) is 4.04. The molecule has 5 rings (SSSR count). The van der Waals surface area contributed by atoms with Gasteiger partial charge in [0.2, 0.25) is 0 Å². The van der Waals surface area contributed by atoms with E-state index in [-0.39, 0.29) is 11.6 Å². The standard InChI is InChI=1S/C19H26N2OS/c1-23-17-5-3-2-4-16(17)12-20-18(22)21-19-9-13-6-14(10-19)8-15(7-13)11-19/h2-5,13-15H,6-12H2,1H3,(H2,20,21,22). The lowest BCUT2D eigenvalue weighted by Crippen LogP contribution is -2.61. The van der Waals surface area contributed by atoms with Crippen LogP contribution in [0.1, 0.15) is 44.1 Å². The molecule has 0 atom stereocenters. The highest BCUT2D eigenvalue weighted by atomic mass is 32.2. The van der Waals surface area contributed by atoms with Gasteiger partial charge in [-0.2, -0.15) is 0 Å². The maximum atomic E-state index is 12.5. The second-order valence-corrected chi connectivity index (χ2v) is 8.67. The Labute approximate surface area is 143 Å². The number of nitrogens with one attached hydrogen (secondary N) is 2. The summed E-state index contributed by atoms with van der Waals surface area (Å²) in [4.78, 5) is 13.7. The van der Waals surface area contributed by atoms with Crippen LogP contribution in [0, 0.1) is 17.8 Å². The Balaban J connectivity index is 1.37. The van der Waals surface area contributed by atoms with E-state index in [1.807, 2.05) is 12.1 Å². The van der Waals surface area contributed by atoms with E-state index in [0.717, 1.165) is 17.8 Å². The molecular formula is C19H26N2OS. The third-order valence-corrected chi connectivity index (χ3v) is 6.89. The molecule has 4 aliphatic carbocycles. The molecular weight excluding hydrogens is 304 g/mol. The Morgan fingerprint density at radius 3 is 2.35 bits per heavy atom. The lowest BCUT2D eigenvalue weighted by Gasteiger charge is -2.56. The van der Waals surface area contributed by atoms with E-state index in [0.29, 0.717) is 6.54 Å². The first kappa shape index (κ1) is 15.4. The van der Waals surface area contributed by atoms with Gasteiger partial charge >= 0.3 is 6.03 Å². The number of thioether (sulfide) groups is 1. The van der Waals surface area contributed by atoms with Crippen molar-refractivity contribution in [2.75, 3.05) is 6.26 Å². The molecule has 2 amide bonds. The minimum Gasteiger partial charge on any atom is -0.334 e. The maximum absolute atomic E-state index is 12.5. The first-order valence-electron chi connectivity index (χ1n) is 8.84. The molecule has 2 N–H and O–H groups in total. The molecule has 4 aliphatic rings. The summed E-state index contributed by atoms with van der Waals surface area (Å²) in [5.74, 6) is 2.58. The highest BCUT2D eigenvalue weighted by Crippen LogP contribution is 2.55. The number of carbonyl (C=O) groups is 1. The molecule has 23 heavy (non-hydrogen) atoms. The fourth-order valence-electron chi connectivity index (χ4n) is 5.57. The van der Waals surface area contributed by atoms with Gasteiger partial charge in [-0.1, -0.05) is 18.2 Å². The number of urea groups is 1. The normalized spacial score (nSPS) is 34.4. The van der Waals surface area contributed by atoms with E-state index in [4.69, 9.17) is 0 Å². The zero-order valence-electron chi connectivity index (χ0n) is 13.8. The molecule has 4 saturated carbocycles. The van der Waals surface area contributed by atoms with Crippen molar-refractivity contribution in [3.05, 3.63) is 29.8 Å². The summed E-state index contributed by atoms with van der Waals surface area (Å²) in [5, 5.41) is 6.46. The van der Waals surface area contributed by atoms with Crippen molar-refractivity contribution < 1.29 is 4.79 Å². The quantitative estimate of drug-likeness (QED) is 0.813. The molecule has 0 aromatic heterocycles. The van der Waals surface area contributed by atoms with Crippen molar-refractivity contribution >= 4 is 17.8 Å². The van der Waals surface area contributed by atoms with Crippen LogP contribution in [0.2, 0.25) is 0 Å². The van der Waals surface area contributed by atoms with Crippen LogP contribution in [0.5, 0.6) is 0 Å². The summed E-state index contributed by atoms with van der Waals surface area (Å²) in [6, 6.07) is 8.30. The van der Waals surface area contributed by atoms with Gasteiger partial charge in [-0.15, -0.1) is 11.8 Å². The van der Waals surface area contributed by atoms with E-state index in [2.05, 4.69) is 29.0 Å². The second kappa shape index (κ2) is 6.04. The molecule has 0 spiro atoms. The van der Waals surface area contributed by atoms with Crippen molar-refractivity contribution in [1.29, 1.82) is 0 Å². The lowest BCUT2D eigenvalue weighted by molar-refractivity contribution is -0.0135. The number of carbonyl (C=O) groups excluding carboxylic acids is 1. The number of benzene rings is 1. The van der Waals surface area contributed by atoms with Crippen molar-refractivity contribution in [2.24, 2.45) is 17.8 Å². The Morgan fingerprint density at radius 1 is 1.13 bits per heavy atom. The molecule has 4 fully saturated rings. The van der Waals surface area contributed by atoms with Crippen molar-refractivity contribution in [3.63, 3.8) is 0 Å². The van der Waals surface area contributed by atoms with Gasteiger partial charge < -0.3 is 10.6 Å². The fourth-order valence-corrected chi connectivity index (χ4v) is 6.19. The van der Waals surface area contributed by atoms with E-state index < -0.39 is 0 Å². The average molecular weight is 330 g/mol.